The van der Waals surface area contributed by atoms with Crippen molar-refractivity contribution in [2.45, 2.75) is 32.7 Å². The van der Waals surface area contributed by atoms with Crippen molar-refractivity contribution in [1.82, 2.24) is 14.7 Å². The Morgan fingerprint density at radius 3 is 2.89 bits per heavy atom. The number of aliphatic hydroxyl groups excluding tert-OH is 1. The van der Waals surface area contributed by atoms with Gasteiger partial charge in [0.15, 0.2) is 0 Å². The minimum Gasteiger partial charge on any atom is -0.396 e. The standard InChI is InChI=1S/C13H22BrN3O/c1-3-11-13(14)12(16(2)15-11)9-17-6-4-10(8-17)5-7-18/h10,18H,3-9H2,1-2H3. The molecule has 4 nitrogen and oxygen atoms in total. The zero-order valence-corrected chi connectivity index (χ0v) is 12.8. The molecule has 18 heavy (non-hydrogen) atoms. The van der Waals surface area contributed by atoms with Gasteiger partial charge in [-0.15, -0.1) is 0 Å². The van der Waals surface area contributed by atoms with Crippen LogP contribution in [0.4, 0.5) is 0 Å². The smallest absolute Gasteiger partial charge is 0.0767 e. The second-order valence-corrected chi connectivity index (χ2v) is 5.88. The Bertz CT molecular complexity index is 405. The van der Waals surface area contributed by atoms with E-state index in [0.717, 1.165) is 42.6 Å². The van der Waals surface area contributed by atoms with Crippen LogP contribution in [-0.2, 0) is 20.0 Å². The molecule has 0 aliphatic carbocycles. The lowest BCUT2D eigenvalue weighted by molar-refractivity contribution is 0.248. The highest BCUT2D eigenvalue weighted by Crippen LogP contribution is 2.26. The van der Waals surface area contributed by atoms with Crippen LogP contribution in [0.2, 0.25) is 0 Å². The highest BCUT2D eigenvalue weighted by atomic mass is 79.9. The largest absolute Gasteiger partial charge is 0.396 e. The van der Waals surface area contributed by atoms with Gasteiger partial charge in [0.2, 0.25) is 0 Å². The molecule has 5 heteroatoms. The molecule has 1 unspecified atom stereocenters. The Morgan fingerprint density at radius 2 is 2.28 bits per heavy atom. The highest BCUT2D eigenvalue weighted by molar-refractivity contribution is 9.10. The van der Waals surface area contributed by atoms with E-state index in [2.05, 4.69) is 32.9 Å². The lowest BCUT2D eigenvalue weighted by Gasteiger charge is -2.16. The number of hydrogen-bond donors (Lipinski definition) is 1. The summed E-state index contributed by atoms with van der Waals surface area (Å²) in [7, 11) is 2.01. The molecule has 1 aromatic rings. The maximum absolute atomic E-state index is 8.99. The van der Waals surface area contributed by atoms with Crippen molar-refractivity contribution in [3.63, 3.8) is 0 Å². The lowest BCUT2D eigenvalue weighted by atomic mass is 10.1. The summed E-state index contributed by atoms with van der Waals surface area (Å²) in [5, 5.41) is 13.5. The van der Waals surface area contributed by atoms with E-state index in [-0.39, 0.29) is 0 Å². The molecule has 1 atom stereocenters. The number of likely N-dealkylation sites (tertiary alicyclic amines) is 1. The molecule has 2 heterocycles. The summed E-state index contributed by atoms with van der Waals surface area (Å²) in [4.78, 5) is 2.46. The van der Waals surface area contributed by atoms with Crippen LogP contribution in [0.5, 0.6) is 0 Å². The van der Waals surface area contributed by atoms with Crippen LogP contribution in [0.25, 0.3) is 0 Å². The first-order valence-electron chi connectivity index (χ1n) is 6.69. The summed E-state index contributed by atoms with van der Waals surface area (Å²) in [5.74, 6) is 0.660. The summed E-state index contributed by atoms with van der Waals surface area (Å²) in [6.07, 6.45) is 3.10. The monoisotopic (exact) mass is 315 g/mol. The Kier molecular flexibility index (Phi) is 4.81. The van der Waals surface area contributed by atoms with E-state index in [0.29, 0.717) is 12.5 Å². The third-order valence-electron chi connectivity index (χ3n) is 3.78. The Morgan fingerprint density at radius 1 is 1.50 bits per heavy atom. The maximum Gasteiger partial charge on any atom is 0.0767 e. The van der Waals surface area contributed by atoms with E-state index >= 15 is 0 Å². The van der Waals surface area contributed by atoms with Crippen molar-refractivity contribution in [2.75, 3.05) is 19.7 Å². The van der Waals surface area contributed by atoms with Crippen molar-refractivity contribution < 1.29 is 5.11 Å². The quantitative estimate of drug-likeness (QED) is 0.903. The highest BCUT2D eigenvalue weighted by Gasteiger charge is 2.24. The van der Waals surface area contributed by atoms with Gasteiger partial charge < -0.3 is 5.11 Å². The molecule has 0 spiro atoms. The van der Waals surface area contributed by atoms with Gasteiger partial charge in [-0.2, -0.15) is 5.10 Å². The molecule has 102 valence electrons. The van der Waals surface area contributed by atoms with Gasteiger partial charge in [-0.05, 0) is 47.7 Å². The first kappa shape index (κ1) is 14.0. The predicted octanol–water partition coefficient (Wildman–Crippen LogP) is 1.95. The number of halogens is 1. The summed E-state index contributed by atoms with van der Waals surface area (Å²) < 4.78 is 3.15. The fourth-order valence-corrected chi connectivity index (χ4v) is 3.42. The molecule has 2 rings (SSSR count). The van der Waals surface area contributed by atoms with Gasteiger partial charge in [0, 0.05) is 26.7 Å². The SMILES string of the molecule is CCc1nn(C)c(CN2CCC(CCO)C2)c1Br. The molecule has 0 saturated carbocycles. The first-order chi connectivity index (χ1) is 8.65. The third-order valence-corrected chi connectivity index (χ3v) is 4.70. The summed E-state index contributed by atoms with van der Waals surface area (Å²) in [5.41, 5.74) is 2.40. The molecule has 0 radical (unpaired) electrons. The van der Waals surface area contributed by atoms with Crippen LogP contribution in [0.1, 0.15) is 31.2 Å². The third kappa shape index (κ3) is 2.95. The van der Waals surface area contributed by atoms with E-state index < -0.39 is 0 Å². The number of rotatable bonds is 5. The fourth-order valence-electron chi connectivity index (χ4n) is 2.68. The van der Waals surface area contributed by atoms with Gasteiger partial charge in [-0.1, -0.05) is 6.92 Å². The van der Waals surface area contributed by atoms with Gasteiger partial charge in [0.05, 0.1) is 15.9 Å². The average molecular weight is 316 g/mol. The second kappa shape index (κ2) is 6.17. The van der Waals surface area contributed by atoms with Gasteiger partial charge in [0.1, 0.15) is 0 Å². The molecule has 0 bridgehead atoms. The summed E-state index contributed by atoms with van der Waals surface area (Å²) in [6.45, 7) is 5.62. The van der Waals surface area contributed by atoms with Crippen LogP contribution in [-0.4, -0.2) is 39.5 Å². The molecule has 1 fully saturated rings. The topological polar surface area (TPSA) is 41.3 Å². The van der Waals surface area contributed by atoms with Crippen LogP contribution in [0.15, 0.2) is 4.47 Å². The van der Waals surface area contributed by atoms with Crippen molar-refractivity contribution in [3.8, 4) is 0 Å². The van der Waals surface area contributed by atoms with Gasteiger partial charge in [-0.25, -0.2) is 0 Å². The minimum absolute atomic E-state index is 0.313. The molecule has 1 aromatic heterocycles. The maximum atomic E-state index is 8.99. The number of aromatic nitrogens is 2. The molecule has 1 N–H and O–H groups in total. The number of nitrogens with zero attached hydrogens (tertiary/aromatic N) is 3. The zero-order chi connectivity index (χ0) is 13.1. The van der Waals surface area contributed by atoms with Crippen molar-refractivity contribution in [2.24, 2.45) is 13.0 Å². The average Bonchev–Trinajstić information content (AvgIpc) is 2.89. The number of aryl methyl sites for hydroxylation is 2. The summed E-state index contributed by atoms with van der Waals surface area (Å²) in [6, 6.07) is 0. The predicted molar refractivity (Wildman–Crippen MR) is 75.4 cm³/mol. The van der Waals surface area contributed by atoms with Crippen molar-refractivity contribution >= 4 is 15.9 Å². The molecule has 0 amide bonds. The molecule has 1 saturated heterocycles. The molecular formula is C13H22BrN3O. The van der Waals surface area contributed by atoms with Crippen LogP contribution in [0.3, 0.4) is 0 Å². The molecule has 1 aliphatic heterocycles. The molecule has 1 aliphatic rings. The Balaban J connectivity index is 2.00. The van der Waals surface area contributed by atoms with Crippen molar-refractivity contribution in [1.29, 1.82) is 0 Å². The molecular weight excluding hydrogens is 294 g/mol. The number of aliphatic hydroxyl groups is 1. The van der Waals surface area contributed by atoms with E-state index in [1.165, 1.54) is 12.1 Å². The minimum atomic E-state index is 0.313. The Hall–Kier alpha value is -0.390. The fraction of sp³-hybridized carbons (Fsp3) is 0.769. The van der Waals surface area contributed by atoms with Gasteiger partial charge in [-0.3, -0.25) is 9.58 Å². The Labute approximate surface area is 117 Å². The van der Waals surface area contributed by atoms with Gasteiger partial charge >= 0.3 is 0 Å². The summed E-state index contributed by atoms with van der Waals surface area (Å²) >= 11 is 3.67. The van der Waals surface area contributed by atoms with Gasteiger partial charge in [0.25, 0.3) is 0 Å². The normalized spacial score (nSPS) is 20.8. The van der Waals surface area contributed by atoms with E-state index in [4.69, 9.17) is 5.11 Å². The molecule has 0 aromatic carbocycles. The van der Waals surface area contributed by atoms with Crippen molar-refractivity contribution in [3.05, 3.63) is 15.9 Å². The van der Waals surface area contributed by atoms with E-state index in [1.54, 1.807) is 0 Å². The van der Waals surface area contributed by atoms with Crippen LogP contribution < -0.4 is 0 Å². The zero-order valence-electron chi connectivity index (χ0n) is 11.2. The van der Waals surface area contributed by atoms with E-state index in [9.17, 15) is 0 Å². The van der Waals surface area contributed by atoms with Crippen LogP contribution in [0, 0.1) is 5.92 Å². The number of hydrogen-bond acceptors (Lipinski definition) is 3. The van der Waals surface area contributed by atoms with Crippen LogP contribution >= 0.6 is 15.9 Å². The second-order valence-electron chi connectivity index (χ2n) is 5.09. The van der Waals surface area contributed by atoms with E-state index in [1.807, 2.05) is 11.7 Å². The lowest BCUT2D eigenvalue weighted by Crippen LogP contribution is -2.22. The first-order valence-corrected chi connectivity index (χ1v) is 7.48.